The standard InChI is InChI=1S/C10H12BrNO3/c11-9-2-1-8(15-9)6-12-4-3-7(5-12)10(13)14/h1-2,7H,3-6H2,(H,13,14). The first kappa shape index (κ1) is 10.7. The highest BCUT2D eigenvalue weighted by Gasteiger charge is 2.28. The normalized spacial score (nSPS) is 22.1. The van der Waals surface area contributed by atoms with Gasteiger partial charge in [-0.05, 0) is 41.0 Å². The van der Waals surface area contributed by atoms with Crippen LogP contribution in [0.5, 0.6) is 0 Å². The van der Waals surface area contributed by atoms with Gasteiger partial charge in [-0.1, -0.05) is 0 Å². The molecule has 0 bridgehead atoms. The highest BCUT2D eigenvalue weighted by atomic mass is 79.9. The average molecular weight is 274 g/mol. The van der Waals surface area contributed by atoms with Gasteiger partial charge in [0.1, 0.15) is 5.76 Å². The molecule has 0 radical (unpaired) electrons. The lowest BCUT2D eigenvalue weighted by Crippen LogP contribution is -2.22. The van der Waals surface area contributed by atoms with E-state index in [1.54, 1.807) is 0 Å². The number of hydrogen-bond donors (Lipinski definition) is 1. The summed E-state index contributed by atoms with van der Waals surface area (Å²) in [6.45, 7) is 2.14. The Morgan fingerprint density at radius 1 is 1.67 bits per heavy atom. The van der Waals surface area contributed by atoms with Crippen LogP contribution in [0.3, 0.4) is 0 Å². The van der Waals surface area contributed by atoms with E-state index in [9.17, 15) is 4.79 Å². The van der Waals surface area contributed by atoms with Gasteiger partial charge >= 0.3 is 5.97 Å². The van der Waals surface area contributed by atoms with Crippen LogP contribution in [0.1, 0.15) is 12.2 Å². The lowest BCUT2D eigenvalue weighted by atomic mass is 10.1. The Labute approximate surface area is 96.0 Å². The summed E-state index contributed by atoms with van der Waals surface area (Å²) < 4.78 is 6.08. The summed E-state index contributed by atoms with van der Waals surface area (Å²) in [4.78, 5) is 12.8. The van der Waals surface area contributed by atoms with Crippen molar-refractivity contribution >= 4 is 21.9 Å². The van der Waals surface area contributed by atoms with Crippen molar-refractivity contribution in [3.05, 3.63) is 22.6 Å². The zero-order valence-corrected chi connectivity index (χ0v) is 9.74. The summed E-state index contributed by atoms with van der Waals surface area (Å²) in [7, 11) is 0. The molecule has 5 heteroatoms. The number of carboxylic acid groups (broad SMARTS) is 1. The lowest BCUT2D eigenvalue weighted by Gasteiger charge is -2.12. The Kier molecular flexibility index (Phi) is 3.11. The molecule has 4 nitrogen and oxygen atoms in total. The number of halogens is 1. The zero-order chi connectivity index (χ0) is 10.8. The third-order valence-electron chi connectivity index (χ3n) is 2.63. The predicted molar refractivity (Wildman–Crippen MR) is 57.4 cm³/mol. The minimum absolute atomic E-state index is 0.219. The van der Waals surface area contributed by atoms with Crippen LogP contribution in [-0.2, 0) is 11.3 Å². The highest BCUT2D eigenvalue weighted by molar-refractivity contribution is 9.10. The molecule has 1 N–H and O–H groups in total. The van der Waals surface area contributed by atoms with Gasteiger partial charge in [0.05, 0.1) is 12.5 Å². The number of rotatable bonds is 3. The van der Waals surface area contributed by atoms with E-state index in [4.69, 9.17) is 9.52 Å². The van der Waals surface area contributed by atoms with Crippen LogP contribution in [0.15, 0.2) is 21.2 Å². The van der Waals surface area contributed by atoms with E-state index < -0.39 is 5.97 Å². The van der Waals surface area contributed by atoms with Crippen molar-refractivity contribution in [2.45, 2.75) is 13.0 Å². The van der Waals surface area contributed by atoms with E-state index in [1.807, 2.05) is 12.1 Å². The summed E-state index contributed by atoms with van der Waals surface area (Å²) in [6, 6.07) is 3.75. The molecular weight excluding hydrogens is 262 g/mol. The third kappa shape index (κ3) is 2.60. The van der Waals surface area contributed by atoms with Gasteiger partial charge in [-0.3, -0.25) is 9.69 Å². The van der Waals surface area contributed by atoms with Crippen molar-refractivity contribution in [2.75, 3.05) is 13.1 Å². The van der Waals surface area contributed by atoms with Gasteiger partial charge in [0.2, 0.25) is 0 Å². The molecule has 0 spiro atoms. The predicted octanol–water partition coefficient (Wildman–Crippen LogP) is 1.95. The summed E-state index contributed by atoms with van der Waals surface area (Å²) >= 11 is 3.24. The second-order valence-electron chi connectivity index (χ2n) is 3.76. The molecule has 2 rings (SSSR count). The van der Waals surface area contributed by atoms with E-state index in [0.717, 1.165) is 18.7 Å². The van der Waals surface area contributed by atoms with Crippen molar-refractivity contribution in [3.8, 4) is 0 Å². The summed E-state index contributed by atoms with van der Waals surface area (Å²) in [5, 5.41) is 8.84. The molecule has 0 saturated carbocycles. The second-order valence-corrected chi connectivity index (χ2v) is 4.55. The van der Waals surface area contributed by atoms with Crippen molar-refractivity contribution in [1.29, 1.82) is 0 Å². The molecule has 1 aromatic rings. The summed E-state index contributed by atoms with van der Waals surface area (Å²) in [6.07, 6.45) is 0.733. The quantitative estimate of drug-likeness (QED) is 0.915. The van der Waals surface area contributed by atoms with Gasteiger partial charge in [0, 0.05) is 6.54 Å². The van der Waals surface area contributed by atoms with Crippen LogP contribution in [-0.4, -0.2) is 29.1 Å². The van der Waals surface area contributed by atoms with Crippen LogP contribution in [0.4, 0.5) is 0 Å². The first-order valence-electron chi connectivity index (χ1n) is 4.84. The van der Waals surface area contributed by atoms with Crippen LogP contribution in [0.2, 0.25) is 0 Å². The minimum Gasteiger partial charge on any atom is -0.481 e. The van der Waals surface area contributed by atoms with Gasteiger partial charge in [0.25, 0.3) is 0 Å². The van der Waals surface area contributed by atoms with Crippen LogP contribution in [0, 0.1) is 5.92 Å². The van der Waals surface area contributed by atoms with Crippen LogP contribution >= 0.6 is 15.9 Å². The van der Waals surface area contributed by atoms with Gasteiger partial charge in [0.15, 0.2) is 4.67 Å². The molecule has 1 unspecified atom stereocenters. The maximum Gasteiger partial charge on any atom is 0.307 e. The van der Waals surface area contributed by atoms with Gasteiger partial charge < -0.3 is 9.52 Å². The van der Waals surface area contributed by atoms with Gasteiger partial charge in [-0.2, -0.15) is 0 Å². The lowest BCUT2D eigenvalue weighted by molar-refractivity contribution is -0.141. The number of furan rings is 1. The van der Waals surface area contributed by atoms with E-state index in [0.29, 0.717) is 17.8 Å². The second kappa shape index (κ2) is 4.37. The maximum absolute atomic E-state index is 10.7. The Morgan fingerprint density at radius 3 is 3.00 bits per heavy atom. The highest BCUT2D eigenvalue weighted by Crippen LogP contribution is 2.21. The molecule has 1 aliphatic rings. The number of carbonyl (C=O) groups is 1. The Hall–Kier alpha value is -0.810. The fourth-order valence-corrected chi connectivity index (χ4v) is 2.18. The monoisotopic (exact) mass is 273 g/mol. The Bertz CT molecular complexity index is 363. The van der Waals surface area contributed by atoms with Crippen molar-refractivity contribution in [2.24, 2.45) is 5.92 Å². The van der Waals surface area contributed by atoms with Crippen LogP contribution < -0.4 is 0 Å². The molecule has 1 fully saturated rings. The third-order valence-corrected chi connectivity index (χ3v) is 3.06. The fourth-order valence-electron chi connectivity index (χ4n) is 1.83. The summed E-state index contributed by atoms with van der Waals surface area (Å²) in [5.41, 5.74) is 0. The Balaban J connectivity index is 1.90. The smallest absolute Gasteiger partial charge is 0.307 e. The van der Waals surface area contributed by atoms with E-state index in [-0.39, 0.29) is 5.92 Å². The van der Waals surface area contributed by atoms with Gasteiger partial charge in [-0.25, -0.2) is 0 Å². The topological polar surface area (TPSA) is 53.7 Å². The maximum atomic E-state index is 10.7. The van der Waals surface area contributed by atoms with Crippen LogP contribution in [0.25, 0.3) is 0 Å². The fraction of sp³-hybridized carbons (Fsp3) is 0.500. The largest absolute Gasteiger partial charge is 0.481 e. The molecule has 1 aliphatic heterocycles. The van der Waals surface area contributed by atoms with Crippen molar-refractivity contribution < 1.29 is 14.3 Å². The molecule has 82 valence electrons. The van der Waals surface area contributed by atoms with E-state index >= 15 is 0 Å². The number of carboxylic acids is 1. The summed E-state index contributed by atoms with van der Waals surface area (Å²) in [5.74, 6) is -0.0468. The number of hydrogen-bond acceptors (Lipinski definition) is 3. The molecule has 0 aliphatic carbocycles. The van der Waals surface area contributed by atoms with Crippen molar-refractivity contribution in [3.63, 3.8) is 0 Å². The molecule has 1 aromatic heterocycles. The molecular formula is C10H12BrNO3. The molecule has 0 amide bonds. The minimum atomic E-state index is -0.696. The number of likely N-dealkylation sites (tertiary alicyclic amines) is 1. The van der Waals surface area contributed by atoms with E-state index in [2.05, 4.69) is 20.8 Å². The first-order valence-corrected chi connectivity index (χ1v) is 5.64. The Morgan fingerprint density at radius 2 is 2.47 bits per heavy atom. The average Bonchev–Trinajstić information content (AvgIpc) is 2.76. The number of nitrogens with zero attached hydrogens (tertiary/aromatic N) is 1. The first-order chi connectivity index (χ1) is 7.15. The van der Waals surface area contributed by atoms with E-state index in [1.165, 1.54) is 0 Å². The zero-order valence-electron chi connectivity index (χ0n) is 8.15. The van der Waals surface area contributed by atoms with Crippen molar-refractivity contribution in [1.82, 2.24) is 4.90 Å². The molecule has 2 heterocycles. The van der Waals surface area contributed by atoms with Gasteiger partial charge in [-0.15, -0.1) is 0 Å². The molecule has 0 aromatic carbocycles. The SMILES string of the molecule is O=C(O)C1CCN(Cc2ccc(Br)o2)C1. The number of aliphatic carboxylic acids is 1. The molecule has 1 saturated heterocycles. The molecule has 1 atom stereocenters. The molecule has 15 heavy (non-hydrogen) atoms.